The highest BCUT2D eigenvalue weighted by atomic mass is 79.9. The summed E-state index contributed by atoms with van der Waals surface area (Å²) in [6.07, 6.45) is 0. The van der Waals surface area contributed by atoms with Crippen LogP contribution in [-0.4, -0.2) is 8.32 Å². The molecule has 1 nitrogen and oxygen atoms in total. The molecule has 0 amide bonds. The second-order valence-corrected chi connectivity index (χ2v) is 9.76. The lowest BCUT2D eigenvalue weighted by Gasteiger charge is -2.18. The summed E-state index contributed by atoms with van der Waals surface area (Å²) in [4.78, 5) is 0. The fourth-order valence-electron chi connectivity index (χ4n) is 1.11. The first-order valence-corrected chi connectivity index (χ1v) is 8.98. The number of hydrogen-bond donors (Lipinski definition) is 0. The zero-order chi connectivity index (χ0) is 10.8. The highest BCUT2D eigenvalue weighted by Crippen LogP contribution is 2.22. The van der Waals surface area contributed by atoms with Crippen LogP contribution in [0.25, 0.3) is 0 Å². The zero-order valence-electron chi connectivity index (χ0n) is 9.23. The van der Waals surface area contributed by atoms with Crippen LogP contribution in [0.4, 0.5) is 0 Å². The summed E-state index contributed by atoms with van der Waals surface area (Å²) in [5.41, 5.74) is 2.51. The maximum Gasteiger partial charge on any atom is 0.184 e. The first-order chi connectivity index (χ1) is 6.40. The Balaban J connectivity index is 2.73. The van der Waals surface area contributed by atoms with Gasteiger partial charge in [0.15, 0.2) is 8.32 Å². The average Bonchev–Trinajstić information content (AvgIpc) is 2.06. The highest BCUT2D eigenvalue weighted by Gasteiger charge is 2.14. The van der Waals surface area contributed by atoms with Crippen LogP contribution in [0.15, 0.2) is 22.7 Å². The smallest absolute Gasteiger partial charge is 0.184 e. The maximum atomic E-state index is 5.86. The van der Waals surface area contributed by atoms with Crippen molar-refractivity contribution in [3.63, 3.8) is 0 Å². The molecule has 0 N–H and O–H groups in total. The predicted molar refractivity (Wildman–Crippen MR) is 67.0 cm³/mol. The summed E-state index contributed by atoms with van der Waals surface area (Å²) in [5.74, 6) is 0. The van der Waals surface area contributed by atoms with Crippen molar-refractivity contribution in [1.29, 1.82) is 0 Å². The minimum absolute atomic E-state index is 0.720. The molecular weight excluding hydrogens is 256 g/mol. The number of halogens is 1. The third-order valence-corrected chi connectivity index (χ3v) is 4.08. The molecule has 1 aromatic rings. The van der Waals surface area contributed by atoms with Crippen molar-refractivity contribution in [2.24, 2.45) is 0 Å². The van der Waals surface area contributed by atoms with Gasteiger partial charge in [0.2, 0.25) is 0 Å². The third kappa shape index (κ3) is 3.56. The van der Waals surface area contributed by atoms with Crippen LogP contribution in [0.3, 0.4) is 0 Å². The van der Waals surface area contributed by atoms with Crippen molar-refractivity contribution < 1.29 is 4.43 Å². The van der Waals surface area contributed by atoms with E-state index in [0.717, 1.165) is 6.61 Å². The van der Waals surface area contributed by atoms with Crippen LogP contribution in [0.1, 0.15) is 11.1 Å². The van der Waals surface area contributed by atoms with Crippen molar-refractivity contribution in [3.05, 3.63) is 33.8 Å². The van der Waals surface area contributed by atoms with Crippen LogP contribution >= 0.6 is 15.9 Å². The summed E-state index contributed by atoms with van der Waals surface area (Å²) in [6, 6.07) is 6.28. The lowest BCUT2D eigenvalue weighted by atomic mass is 10.1. The first-order valence-electron chi connectivity index (χ1n) is 4.78. The van der Waals surface area contributed by atoms with E-state index < -0.39 is 8.32 Å². The van der Waals surface area contributed by atoms with Crippen LogP contribution in [0.2, 0.25) is 19.6 Å². The summed E-state index contributed by atoms with van der Waals surface area (Å²) in [5, 5.41) is 0. The summed E-state index contributed by atoms with van der Waals surface area (Å²) < 4.78 is 7.04. The van der Waals surface area contributed by atoms with E-state index in [4.69, 9.17) is 4.43 Å². The van der Waals surface area contributed by atoms with E-state index >= 15 is 0 Å². The van der Waals surface area contributed by atoms with Gasteiger partial charge >= 0.3 is 0 Å². The molecule has 0 radical (unpaired) electrons. The molecule has 0 saturated heterocycles. The monoisotopic (exact) mass is 272 g/mol. The van der Waals surface area contributed by atoms with E-state index in [1.807, 2.05) is 0 Å². The second kappa shape index (κ2) is 4.60. The fraction of sp³-hybridized carbons (Fsp3) is 0.455. The summed E-state index contributed by atoms with van der Waals surface area (Å²) >= 11 is 3.58. The molecule has 0 heterocycles. The van der Waals surface area contributed by atoms with Crippen LogP contribution in [0, 0.1) is 6.92 Å². The summed E-state index contributed by atoms with van der Waals surface area (Å²) in [7, 11) is -1.40. The van der Waals surface area contributed by atoms with E-state index in [2.05, 4.69) is 60.7 Å². The molecule has 14 heavy (non-hydrogen) atoms. The van der Waals surface area contributed by atoms with Gasteiger partial charge in [0, 0.05) is 4.47 Å². The lowest BCUT2D eigenvalue weighted by molar-refractivity contribution is 0.298. The lowest BCUT2D eigenvalue weighted by Crippen LogP contribution is -2.24. The Morgan fingerprint density at radius 1 is 1.29 bits per heavy atom. The third-order valence-electron chi connectivity index (χ3n) is 1.93. The molecule has 3 heteroatoms. The fourth-order valence-corrected chi connectivity index (χ4v) is 2.08. The van der Waals surface area contributed by atoms with E-state index in [1.54, 1.807) is 0 Å². The zero-order valence-corrected chi connectivity index (χ0v) is 11.8. The van der Waals surface area contributed by atoms with Crippen molar-refractivity contribution in [2.75, 3.05) is 0 Å². The topological polar surface area (TPSA) is 9.23 Å². The average molecular weight is 273 g/mol. The Hall–Kier alpha value is -0.123. The van der Waals surface area contributed by atoms with Gasteiger partial charge in [-0.1, -0.05) is 34.1 Å². The van der Waals surface area contributed by atoms with Crippen molar-refractivity contribution in [1.82, 2.24) is 0 Å². The Morgan fingerprint density at radius 2 is 1.93 bits per heavy atom. The van der Waals surface area contributed by atoms with Gasteiger partial charge < -0.3 is 4.43 Å². The van der Waals surface area contributed by atoms with Crippen molar-refractivity contribution in [3.8, 4) is 0 Å². The second-order valence-electron chi connectivity index (χ2n) is 4.45. The highest BCUT2D eigenvalue weighted by molar-refractivity contribution is 9.10. The Bertz CT molecular complexity index is 318. The molecule has 0 bridgehead atoms. The molecule has 0 fully saturated rings. The molecule has 78 valence electrons. The molecule has 0 aliphatic rings. The molecule has 0 saturated carbocycles. The van der Waals surface area contributed by atoms with Gasteiger partial charge in [0.05, 0.1) is 6.61 Å². The Kier molecular flexibility index (Phi) is 3.92. The van der Waals surface area contributed by atoms with Gasteiger partial charge in [-0.2, -0.15) is 0 Å². The number of aryl methyl sites for hydroxylation is 1. The SMILES string of the molecule is Cc1cccc(CO[Si](C)(C)C)c1Br. The Morgan fingerprint density at radius 3 is 2.50 bits per heavy atom. The van der Waals surface area contributed by atoms with Crippen molar-refractivity contribution in [2.45, 2.75) is 33.2 Å². The standard InChI is InChI=1S/C11H17BrOSi/c1-9-6-5-7-10(11(9)12)8-13-14(2,3)4/h5-7H,8H2,1-4H3. The molecule has 0 aliphatic carbocycles. The molecule has 0 aliphatic heterocycles. The van der Waals surface area contributed by atoms with Crippen LogP contribution < -0.4 is 0 Å². The van der Waals surface area contributed by atoms with Gasteiger partial charge in [-0.25, -0.2) is 0 Å². The largest absolute Gasteiger partial charge is 0.413 e. The van der Waals surface area contributed by atoms with E-state index in [-0.39, 0.29) is 0 Å². The molecule has 0 spiro atoms. The molecule has 0 unspecified atom stereocenters. The quantitative estimate of drug-likeness (QED) is 0.753. The molecule has 1 rings (SSSR count). The van der Waals surface area contributed by atoms with E-state index in [1.165, 1.54) is 15.6 Å². The molecule has 0 atom stereocenters. The van der Waals surface area contributed by atoms with Crippen molar-refractivity contribution >= 4 is 24.2 Å². The van der Waals surface area contributed by atoms with Gasteiger partial charge in [0.1, 0.15) is 0 Å². The molecular formula is C11H17BrOSi. The number of rotatable bonds is 3. The first kappa shape index (κ1) is 11.9. The number of hydrogen-bond acceptors (Lipinski definition) is 1. The number of benzene rings is 1. The van der Waals surface area contributed by atoms with Crippen LogP contribution in [-0.2, 0) is 11.0 Å². The summed E-state index contributed by atoms with van der Waals surface area (Å²) in [6.45, 7) is 9.43. The maximum absolute atomic E-state index is 5.86. The van der Waals surface area contributed by atoms with Gasteiger partial charge in [-0.05, 0) is 37.7 Å². The van der Waals surface area contributed by atoms with Gasteiger partial charge in [-0.15, -0.1) is 0 Å². The Labute approximate surface area is 95.7 Å². The van der Waals surface area contributed by atoms with Gasteiger partial charge in [-0.3, -0.25) is 0 Å². The van der Waals surface area contributed by atoms with Crippen LogP contribution in [0.5, 0.6) is 0 Å². The minimum Gasteiger partial charge on any atom is -0.413 e. The van der Waals surface area contributed by atoms with E-state index in [9.17, 15) is 0 Å². The predicted octanol–water partition coefficient (Wildman–Crippen LogP) is 4.11. The van der Waals surface area contributed by atoms with Gasteiger partial charge in [0.25, 0.3) is 0 Å². The van der Waals surface area contributed by atoms with E-state index in [0.29, 0.717) is 0 Å². The minimum atomic E-state index is -1.40. The molecule has 0 aromatic heterocycles. The molecule has 1 aromatic carbocycles. The normalized spacial score (nSPS) is 11.8.